The van der Waals surface area contributed by atoms with Crippen LogP contribution >= 0.6 is 0 Å². The first kappa shape index (κ1) is 24.7. The highest BCUT2D eigenvalue weighted by molar-refractivity contribution is 5.97. The van der Waals surface area contributed by atoms with Gasteiger partial charge in [-0.2, -0.15) is 5.10 Å². The molecule has 0 spiro atoms. The summed E-state index contributed by atoms with van der Waals surface area (Å²) < 4.78 is 20.4. The van der Waals surface area contributed by atoms with E-state index in [0.717, 1.165) is 12.3 Å². The number of phenols is 1. The molecule has 33 heavy (non-hydrogen) atoms. The second-order valence-electron chi connectivity index (χ2n) is 6.24. The molecule has 0 atom stereocenters. The minimum absolute atomic E-state index is 0.130. The molecule has 0 bridgehead atoms. The number of hydrogen-bond acceptors (Lipinski definition) is 10. The Balaban J connectivity index is 2.02. The van der Waals surface area contributed by atoms with E-state index in [1.807, 2.05) is 0 Å². The van der Waals surface area contributed by atoms with Crippen LogP contribution in [0, 0.1) is 10.1 Å². The lowest BCUT2D eigenvalue weighted by Gasteiger charge is -2.14. The molecular formula is C20H22N4O9. The van der Waals surface area contributed by atoms with Crippen molar-refractivity contribution in [1.82, 2.24) is 10.7 Å². The molecule has 2 aromatic carbocycles. The van der Waals surface area contributed by atoms with Crippen molar-refractivity contribution >= 4 is 23.7 Å². The average Bonchev–Trinajstić information content (AvgIpc) is 2.81. The number of benzene rings is 2. The van der Waals surface area contributed by atoms with Gasteiger partial charge in [0.25, 0.3) is 11.8 Å². The largest absolute Gasteiger partial charge is 0.500 e. The summed E-state index contributed by atoms with van der Waals surface area (Å²) in [5.74, 6) is -1.13. The van der Waals surface area contributed by atoms with Gasteiger partial charge in [-0.05, 0) is 18.2 Å². The first-order valence-corrected chi connectivity index (χ1v) is 9.21. The zero-order chi connectivity index (χ0) is 24.5. The van der Waals surface area contributed by atoms with Crippen molar-refractivity contribution in [2.75, 3.05) is 35.0 Å². The number of nitro benzene ring substituents is 1. The third kappa shape index (κ3) is 6.00. The Morgan fingerprint density at radius 3 is 2.15 bits per heavy atom. The predicted octanol–water partition coefficient (Wildman–Crippen LogP) is 1.21. The highest BCUT2D eigenvalue weighted by atomic mass is 16.6. The Morgan fingerprint density at radius 2 is 1.64 bits per heavy atom. The molecule has 0 fully saturated rings. The van der Waals surface area contributed by atoms with E-state index in [1.165, 1.54) is 46.6 Å². The van der Waals surface area contributed by atoms with Gasteiger partial charge in [0.05, 0.1) is 46.1 Å². The summed E-state index contributed by atoms with van der Waals surface area (Å²) in [5, 5.41) is 26.9. The SMILES string of the molecule is COc1cc(/C=N/NC(=O)CNC(=O)c2cc(OC)c(OC)c(OC)c2)cc([N+](=O)[O-])c1O. The Morgan fingerprint density at radius 1 is 1.03 bits per heavy atom. The number of carbonyl (C=O) groups is 2. The predicted molar refractivity (Wildman–Crippen MR) is 115 cm³/mol. The van der Waals surface area contributed by atoms with Gasteiger partial charge in [-0.15, -0.1) is 0 Å². The molecule has 2 rings (SSSR count). The van der Waals surface area contributed by atoms with Crippen molar-refractivity contribution in [2.45, 2.75) is 0 Å². The first-order valence-electron chi connectivity index (χ1n) is 9.21. The monoisotopic (exact) mass is 462 g/mol. The van der Waals surface area contributed by atoms with Crippen molar-refractivity contribution in [3.63, 3.8) is 0 Å². The number of phenolic OH excluding ortho intramolecular Hbond substituents is 1. The van der Waals surface area contributed by atoms with Crippen LogP contribution in [0.5, 0.6) is 28.7 Å². The maximum absolute atomic E-state index is 12.4. The Kier molecular flexibility index (Phi) is 8.37. The van der Waals surface area contributed by atoms with Crippen LogP contribution in [0.15, 0.2) is 29.4 Å². The smallest absolute Gasteiger partial charge is 0.315 e. The van der Waals surface area contributed by atoms with Gasteiger partial charge < -0.3 is 29.4 Å². The molecule has 0 aliphatic rings. The van der Waals surface area contributed by atoms with Crippen LogP contribution in [0.25, 0.3) is 0 Å². The van der Waals surface area contributed by atoms with Gasteiger partial charge in [-0.3, -0.25) is 19.7 Å². The minimum Gasteiger partial charge on any atom is -0.500 e. The van der Waals surface area contributed by atoms with Crippen LogP contribution in [-0.4, -0.2) is 63.0 Å². The molecule has 0 unspecified atom stereocenters. The van der Waals surface area contributed by atoms with Gasteiger partial charge in [-0.25, -0.2) is 5.43 Å². The van der Waals surface area contributed by atoms with Gasteiger partial charge >= 0.3 is 5.69 Å². The third-order valence-corrected chi connectivity index (χ3v) is 4.23. The molecule has 3 N–H and O–H groups in total. The number of hydrazone groups is 1. The number of aromatic hydroxyl groups is 1. The van der Waals surface area contributed by atoms with Gasteiger partial charge in [0.15, 0.2) is 17.2 Å². The molecule has 0 radical (unpaired) electrons. The molecule has 2 amide bonds. The first-order chi connectivity index (χ1) is 15.7. The summed E-state index contributed by atoms with van der Waals surface area (Å²) in [6.45, 7) is -0.411. The number of carbonyl (C=O) groups excluding carboxylic acids is 2. The lowest BCUT2D eigenvalue weighted by Crippen LogP contribution is -2.34. The number of hydrogen-bond donors (Lipinski definition) is 3. The topological polar surface area (TPSA) is 171 Å². The molecule has 0 saturated carbocycles. The second-order valence-corrected chi connectivity index (χ2v) is 6.24. The number of nitrogens with one attached hydrogen (secondary N) is 2. The molecule has 176 valence electrons. The van der Waals surface area contributed by atoms with E-state index in [0.29, 0.717) is 5.75 Å². The Hall–Kier alpha value is -4.55. The summed E-state index contributed by atoms with van der Waals surface area (Å²) in [6.07, 6.45) is 1.12. The summed E-state index contributed by atoms with van der Waals surface area (Å²) in [4.78, 5) is 34.6. The molecule has 2 aromatic rings. The summed E-state index contributed by atoms with van der Waals surface area (Å²) in [6, 6.07) is 5.21. The highest BCUT2D eigenvalue weighted by Gasteiger charge is 2.20. The number of nitrogens with zero attached hydrogens (tertiary/aromatic N) is 2. The standard InChI is InChI=1S/C20H22N4O9/c1-30-14-6-11(5-13(18(14)26)24(28)29)9-22-23-17(25)10-21-20(27)12-7-15(31-2)19(33-4)16(8-12)32-3/h5-9,26H,10H2,1-4H3,(H,21,27)(H,23,25)/b22-9+. The molecule has 0 saturated heterocycles. The van der Waals surface area contributed by atoms with E-state index < -0.39 is 34.7 Å². The summed E-state index contributed by atoms with van der Waals surface area (Å²) >= 11 is 0. The van der Waals surface area contributed by atoms with E-state index in [4.69, 9.17) is 18.9 Å². The van der Waals surface area contributed by atoms with Crippen molar-refractivity contribution < 1.29 is 38.6 Å². The van der Waals surface area contributed by atoms with Crippen LogP contribution in [0.3, 0.4) is 0 Å². The molecule has 0 aliphatic carbocycles. The van der Waals surface area contributed by atoms with E-state index in [2.05, 4.69) is 15.8 Å². The van der Waals surface area contributed by atoms with Gasteiger partial charge in [0.2, 0.25) is 11.5 Å². The molecule has 13 heteroatoms. The number of ether oxygens (including phenoxy) is 4. The van der Waals surface area contributed by atoms with Crippen molar-refractivity contribution in [3.05, 3.63) is 45.5 Å². The van der Waals surface area contributed by atoms with Crippen LogP contribution in [0.1, 0.15) is 15.9 Å². The van der Waals surface area contributed by atoms with Crippen molar-refractivity contribution in [2.24, 2.45) is 5.10 Å². The Labute approximate surface area is 188 Å². The van der Waals surface area contributed by atoms with Crippen LogP contribution in [0.2, 0.25) is 0 Å². The number of nitro groups is 1. The molecule has 0 aromatic heterocycles. The number of amides is 2. The summed E-state index contributed by atoms with van der Waals surface area (Å²) in [5.41, 5.74) is 1.96. The van der Waals surface area contributed by atoms with Crippen LogP contribution in [-0.2, 0) is 4.79 Å². The minimum atomic E-state index is -0.785. The van der Waals surface area contributed by atoms with E-state index in [-0.39, 0.29) is 28.4 Å². The van der Waals surface area contributed by atoms with Gasteiger partial charge in [-0.1, -0.05) is 0 Å². The molecular weight excluding hydrogens is 440 g/mol. The second kappa shape index (κ2) is 11.2. The van der Waals surface area contributed by atoms with E-state index in [1.54, 1.807) is 0 Å². The molecule has 13 nitrogen and oxygen atoms in total. The number of methoxy groups -OCH3 is 4. The maximum atomic E-state index is 12.4. The van der Waals surface area contributed by atoms with E-state index >= 15 is 0 Å². The molecule has 0 aliphatic heterocycles. The third-order valence-electron chi connectivity index (χ3n) is 4.23. The summed E-state index contributed by atoms with van der Waals surface area (Å²) in [7, 11) is 5.47. The van der Waals surface area contributed by atoms with Gasteiger partial charge in [0.1, 0.15) is 0 Å². The highest BCUT2D eigenvalue weighted by Crippen LogP contribution is 2.38. The fourth-order valence-electron chi connectivity index (χ4n) is 2.68. The van der Waals surface area contributed by atoms with Gasteiger partial charge in [0, 0.05) is 17.2 Å². The molecule has 0 heterocycles. The fourth-order valence-corrected chi connectivity index (χ4v) is 2.68. The Bertz CT molecular complexity index is 1060. The van der Waals surface area contributed by atoms with Crippen molar-refractivity contribution in [3.8, 4) is 28.7 Å². The zero-order valence-corrected chi connectivity index (χ0v) is 18.2. The lowest BCUT2D eigenvalue weighted by molar-refractivity contribution is -0.386. The zero-order valence-electron chi connectivity index (χ0n) is 18.2. The average molecular weight is 462 g/mol. The number of rotatable bonds is 10. The van der Waals surface area contributed by atoms with Crippen LogP contribution in [0.4, 0.5) is 5.69 Å². The van der Waals surface area contributed by atoms with Crippen LogP contribution < -0.4 is 29.7 Å². The quantitative estimate of drug-likeness (QED) is 0.267. The fraction of sp³-hybridized carbons (Fsp3) is 0.250. The van der Waals surface area contributed by atoms with E-state index in [9.17, 15) is 24.8 Å². The normalized spacial score (nSPS) is 10.4. The lowest BCUT2D eigenvalue weighted by atomic mass is 10.1. The van der Waals surface area contributed by atoms with Crippen molar-refractivity contribution in [1.29, 1.82) is 0 Å². The maximum Gasteiger partial charge on any atom is 0.315 e.